The Morgan fingerprint density at radius 1 is 0.846 bits per heavy atom. The van der Waals surface area contributed by atoms with Crippen LogP contribution in [0.25, 0.3) is 0 Å². The van der Waals surface area contributed by atoms with Gasteiger partial charge in [0.05, 0.1) is 38.7 Å². The van der Waals surface area contributed by atoms with E-state index in [1.165, 1.54) is 0 Å². The third kappa shape index (κ3) is 13.6. The van der Waals surface area contributed by atoms with Crippen LogP contribution in [0.3, 0.4) is 0 Å². The molecule has 0 spiro atoms. The van der Waals surface area contributed by atoms with E-state index in [1.54, 1.807) is 13.8 Å². The van der Waals surface area contributed by atoms with Crippen LogP contribution in [0.1, 0.15) is 52.9 Å². The van der Waals surface area contributed by atoms with Crippen LogP contribution in [0.5, 0.6) is 0 Å². The minimum atomic E-state index is -0.243. The van der Waals surface area contributed by atoms with Crippen molar-refractivity contribution in [1.82, 2.24) is 10.6 Å². The lowest BCUT2D eigenvalue weighted by molar-refractivity contribution is -0.143. The van der Waals surface area contributed by atoms with Gasteiger partial charge in [-0.25, -0.2) is 0 Å². The van der Waals surface area contributed by atoms with E-state index >= 15 is 0 Å². The molecule has 1 atom stereocenters. The lowest BCUT2D eigenvalue weighted by atomic mass is 10.1. The van der Waals surface area contributed by atoms with Crippen LogP contribution in [0.2, 0.25) is 0 Å². The van der Waals surface area contributed by atoms with Crippen molar-refractivity contribution in [3.05, 3.63) is 0 Å². The van der Waals surface area contributed by atoms with Crippen molar-refractivity contribution in [2.45, 2.75) is 58.9 Å². The van der Waals surface area contributed by atoms with Gasteiger partial charge in [0.1, 0.15) is 0 Å². The third-order valence-electron chi connectivity index (χ3n) is 3.55. The number of hydrogen-bond acceptors (Lipinski definition) is 8. The predicted octanol–water partition coefficient (Wildman–Crippen LogP) is 1.62. The molecule has 0 saturated heterocycles. The third-order valence-corrected chi connectivity index (χ3v) is 3.55. The lowest BCUT2D eigenvalue weighted by Crippen LogP contribution is -2.39. The summed E-state index contributed by atoms with van der Waals surface area (Å²) in [5.74, 6) is -0.227. The predicted molar refractivity (Wildman–Crippen MR) is 100 cm³/mol. The van der Waals surface area contributed by atoms with Gasteiger partial charge < -0.3 is 24.8 Å². The van der Waals surface area contributed by atoms with Gasteiger partial charge in [0, 0.05) is 13.1 Å². The summed E-state index contributed by atoms with van der Waals surface area (Å²) in [5.41, 5.74) is 0. The van der Waals surface area contributed by atoms with Gasteiger partial charge in [-0.05, 0) is 40.2 Å². The van der Waals surface area contributed by atoms with Crippen molar-refractivity contribution in [2.24, 2.45) is 0 Å². The Bertz CT molecular complexity index is 404. The summed E-state index contributed by atoms with van der Waals surface area (Å²) in [6.45, 7) is 8.52. The molecule has 0 bridgehead atoms. The molecule has 0 heterocycles. The molecular weight excluding hydrogens is 338 g/mol. The van der Waals surface area contributed by atoms with Gasteiger partial charge in [-0.1, -0.05) is 6.42 Å². The first-order chi connectivity index (χ1) is 12.5. The Hall–Kier alpha value is -1.67. The van der Waals surface area contributed by atoms with Crippen molar-refractivity contribution in [3.8, 4) is 0 Å². The van der Waals surface area contributed by atoms with Gasteiger partial charge in [0.25, 0.3) is 0 Å². The molecule has 0 rings (SSSR count). The maximum atomic E-state index is 11.4. The summed E-state index contributed by atoms with van der Waals surface area (Å²) < 4.78 is 15.0. The Morgan fingerprint density at radius 3 is 2.00 bits per heavy atom. The molecule has 0 fully saturated rings. The molecular formula is C18H35N3O5. The van der Waals surface area contributed by atoms with Gasteiger partial charge in [-0.15, -0.1) is 0 Å². The van der Waals surface area contributed by atoms with Crippen molar-refractivity contribution in [3.63, 3.8) is 0 Å². The average Bonchev–Trinajstić information content (AvgIpc) is 2.60. The number of unbranched alkanes of at least 4 members (excludes halogenated alkanes) is 1. The highest BCUT2D eigenvalue weighted by Crippen LogP contribution is 2.04. The fourth-order valence-electron chi connectivity index (χ4n) is 2.31. The number of carbonyl (C=O) groups is 2. The lowest BCUT2D eigenvalue weighted by Gasteiger charge is -2.19. The van der Waals surface area contributed by atoms with Crippen molar-refractivity contribution < 1.29 is 23.8 Å². The summed E-state index contributed by atoms with van der Waals surface area (Å²) in [5, 5.41) is 14.4. The molecule has 8 heteroatoms. The molecule has 0 amide bonds. The largest absolute Gasteiger partial charge is 0.480 e. The summed E-state index contributed by atoms with van der Waals surface area (Å²) in [7, 11) is 0. The molecule has 26 heavy (non-hydrogen) atoms. The molecule has 3 N–H and O–H groups in total. The van der Waals surface area contributed by atoms with Gasteiger partial charge >= 0.3 is 11.9 Å². The van der Waals surface area contributed by atoms with E-state index in [9.17, 15) is 9.59 Å². The second kappa shape index (κ2) is 16.8. The van der Waals surface area contributed by atoms with Gasteiger partial charge in [-0.3, -0.25) is 15.0 Å². The molecule has 0 aliphatic carbocycles. The minimum absolute atomic E-state index is 0.184. The highest BCUT2D eigenvalue weighted by atomic mass is 16.5. The summed E-state index contributed by atoms with van der Waals surface area (Å²) in [4.78, 5) is 22.6. The maximum Gasteiger partial charge on any atom is 0.307 e. The van der Waals surface area contributed by atoms with E-state index in [4.69, 9.17) is 19.6 Å². The van der Waals surface area contributed by atoms with Crippen molar-refractivity contribution >= 4 is 17.8 Å². The SMILES string of the molecule is CCOC(=N)C(CCCCNCCC(=O)OCC)NCCC(=O)OCC. The number of ether oxygens (including phenoxy) is 3. The topological polar surface area (TPSA) is 110 Å². The normalized spacial score (nSPS) is 11.7. The van der Waals surface area contributed by atoms with Crippen LogP contribution in [0, 0.1) is 5.41 Å². The monoisotopic (exact) mass is 373 g/mol. The standard InChI is InChI=1S/C18H35N3O5/c1-4-24-16(22)10-13-20-12-8-7-9-15(18(19)26-6-3)21-14-11-17(23)25-5-2/h15,19-21H,4-14H2,1-3H3. The Balaban J connectivity index is 3.95. The van der Waals surface area contributed by atoms with E-state index in [0.29, 0.717) is 39.3 Å². The summed E-state index contributed by atoms with van der Waals surface area (Å²) in [6, 6.07) is -0.205. The molecule has 0 radical (unpaired) electrons. The number of rotatable bonds is 16. The van der Waals surface area contributed by atoms with Crippen LogP contribution in [0.4, 0.5) is 0 Å². The minimum Gasteiger partial charge on any atom is -0.480 e. The van der Waals surface area contributed by atoms with E-state index < -0.39 is 0 Å². The molecule has 152 valence electrons. The van der Waals surface area contributed by atoms with Gasteiger partial charge in [0.2, 0.25) is 0 Å². The zero-order chi connectivity index (χ0) is 19.6. The second-order valence-electron chi connectivity index (χ2n) is 5.66. The first-order valence-corrected chi connectivity index (χ1v) is 9.51. The average molecular weight is 373 g/mol. The Kier molecular flexibility index (Phi) is 15.7. The van der Waals surface area contributed by atoms with E-state index in [1.807, 2.05) is 6.92 Å². The van der Waals surface area contributed by atoms with Crippen LogP contribution >= 0.6 is 0 Å². The van der Waals surface area contributed by atoms with Gasteiger partial charge in [-0.2, -0.15) is 0 Å². The summed E-state index contributed by atoms with van der Waals surface area (Å²) in [6.07, 6.45) is 3.23. The number of nitrogens with one attached hydrogen (secondary N) is 3. The molecule has 8 nitrogen and oxygen atoms in total. The highest BCUT2D eigenvalue weighted by molar-refractivity contribution is 5.78. The number of esters is 2. The van der Waals surface area contributed by atoms with Gasteiger partial charge in [0.15, 0.2) is 5.90 Å². The molecule has 0 saturated carbocycles. The van der Waals surface area contributed by atoms with E-state index in [-0.39, 0.29) is 30.3 Å². The Morgan fingerprint density at radius 2 is 1.42 bits per heavy atom. The molecule has 1 unspecified atom stereocenters. The zero-order valence-corrected chi connectivity index (χ0v) is 16.4. The van der Waals surface area contributed by atoms with Crippen LogP contribution in [-0.4, -0.2) is 63.3 Å². The van der Waals surface area contributed by atoms with Crippen LogP contribution < -0.4 is 10.6 Å². The molecule has 0 aliphatic heterocycles. The quantitative estimate of drug-likeness (QED) is 0.163. The van der Waals surface area contributed by atoms with Crippen LogP contribution in [-0.2, 0) is 23.8 Å². The molecule has 0 aromatic carbocycles. The maximum absolute atomic E-state index is 11.4. The van der Waals surface area contributed by atoms with Crippen molar-refractivity contribution in [1.29, 1.82) is 5.41 Å². The second-order valence-corrected chi connectivity index (χ2v) is 5.66. The Labute approximate surface area is 156 Å². The fraction of sp³-hybridized carbons (Fsp3) is 0.833. The summed E-state index contributed by atoms with van der Waals surface area (Å²) >= 11 is 0. The van der Waals surface area contributed by atoms with E-state index in [2.05, 4.69) is 10.6 Å². The molecule has 0 aromatic heterocycles. The first-order valence-electron chi connectivity index (χ1n) is 9.51. The molecule has 0 aromatic rings. The van der Waals surface area contributed by atoms with E-state index in [0.717, 1.165) is 25.8 Å². The first kappa shape index (κ1) is 24.3. The number of hydrogen-bond donors (Lipinski definition) is 3. The fourth-order valence-corrected chi connectivity index (χ4v) is 2.31. The zero-order valence-electron chi connectivity index (χ0n) is 16.4. The smallest absolute Gasteiger partial charge is 0.307 e. The highest BCUT2D eigenvalue weighted by Gasteiger charge is 2.15. The molecule has 0 aliphatic rings. The number of carbonyl (C=O) groups excluding carboxylic acids is 2. The van der Waals surface area contributed by atoms with Crippen molar-refractivity contribution in [2.75, 3.05) is 39.5 Å². The van der Waals surface area contributed by atoms with Crippen LogP contribution in [0.15, 0.2) is 0 Å².